The van der Waals surface area contributed by atoms with Crippen LogP contribution in [0.15, 0.2) is 54.7 Å². The van der Waals surface area contributed by atoms with E-state index in [1.807, 2.05) is 24.3 Å². The lowest BCUT2D eigenvalue weighted by atomic mass is 9.99. The summed E-state index contributed by atoms with van der Waals surface area (Å²) in [5.41, 5.74) is 0.236. The summed E-state index contributed by atoms with van der Waals surface area (Å²) >= 11 is 0. The lowest BCUT2D eigenvalue weighted by Crippen LogP contribution is -2.54. The van der Waals surface area contributed by atoms with Crippen LogP contribution in [0.5, 0.6) is 5.75 Å². The summed E-state index contributed by atoms with van der Waals surface area (Å²) in [5, 5.41) is 0.857. The van der Waals surface area contributed by atoms with Crippen LogP contribution in [0.4, 0.5) is 14.5 Å². The second kappa shape index (κ2) is 10.5. The lowest BCUT2D eigenvalue weighted by Gasteiger charge is -2.37. The number of benzene rings is 2. The molecule has 0 bridgehead atoms. The van der Waals surface area contributed by atoms with Crippen molar-refractivity contribution in [1.29, 1.82) is 0 Å². The highest BCUT2D eigenvalue weighted by Crippen LogP contribution is 2.29. The number of rotatable bonds is 9. The summed E-state index contributed by atoms with van der Waals surface area (Å²) in [4.78, 5) is 44.6. The van der Waals surface area contributed by atoms with Crippen LogP contribution in [0.25, 0.3) is 10.9 Å². The fraction of sp³-hybridized carbons (Fsp3) is 0.280. The number of anilines is 1. The number of halogens is 2. The molecule has 0 unspecified atom stereocenters. The number of carbonyl (C=O) groups excluding carboxylic acids is 3. The zero-order valence-corrected chi connectivity index (χ0v) is 19.7. The van der Waals surface area contributed by atoms with Gasteiger partial charge in [-0.25, -0.2) is 4.79 Å². The molecule has 1 aromatic heterocycles. The van der Waals surface area contributed by atoms with E-state index in [1.165, 1.54) is 29.0 Å². The van der Waals surface area contributed by atoms with E-state index in [2.05, 4.69) is 14.5 Å². The molecular formula is C25H25F2N3O5. The lowest BCUT2D eigenvalue weighted by molar-refractivity contribution is -0.137. The summed E-state index contributed by atoms with van der Waals surface area (Å²) in [7, 11) is 2.56. The van der Waals surface area contributed by atoms with Crippen molar-refractivity contribution in [2.75, 3.05) is 19.1 Å². The van der Waals surface area contributed by atoms with Gasteiger partial charge in [0.05, 0.1) is 12.6 Å². The third-order valence-electron chi connectivity index (χ3n) is 5.73. The van der Waals surface area contributed by atoms with Crippen LogP contribution in [-0.2, 0) is 20.9 Å². The van der Waals surface area contributed by atoms with Gasteiger partial charge in [0.15, 0.2) is 0 Å². The highest BCUT2D eigenvalue weighted by molar-refractivity contribution is 6.02. The molecule has 3 rings (SSSR count). The van der Waals surface area contributed by atoms with Gasteiger partial charge in [-0.2, -0.15) is 8.78 Å². The molecule has 8 nitrogen and oxygen atoms in total. The van der Waals surface area contributed by atoms with E-state index < -0.39 is 24.0 Å². The Morgan fingerprint density at radius 2 is 1.86 bits per heavy atom. The molecule has 0 N–H and O–H groups in total. The van der Waals surface area contributed by atoms with Gasteiger partial charge in [0.1, 0.15) is 16.9 Å². The Morgan fingerprint density at radius 1 is 1.14 bits per heavy atom. The molecule has 2 amide bonds. The molecule has 0 saturated carbocycles. The second-order valence-corrected chi connectivity index (χ2v) is 8.19. The quantitative estimate of drug-likeness (QED) is 0.336. The number of likely N-dealkylation sites (N-methyl/N-ethyl adjacent to an activating group) is 1. The van der Waals surface area contributed by atoms with Crippen molar-refractivity contribution >= 4 is 34.9 Å². The SMILES string of the molecule is COC(=O)c1cc(N(C)C(=O)C(C)(C)N(C=O)Cc2ccnc3ccccc23)ccc1OC(F)F. The number of para-hydroxylation sites is 1. The monoisotopic (exact) mass is 485 g/mol. The van der Waals surface area contributed by atoms with Crippen LogP contribution in [0.2, 0.25) is 0 Å². The summed E-state index contributed by atoms with van der Waals surface area (Å²) in [5.74, 6) is -1.75. The van der Waals surface area contributed by atoms with Gasteiger partial charge in [-0.1, -0.05) is 18.2 Å². The first-order chi connectivity index (χ1) is 16.6. The van der Waals surface area contributed by atoms with E-state index in [0.29, 0.717) is 6.41 Å². The fourth-order valence-corrected chi connectivity index (χ4v) is 3.69. The first-order valence-corrected chi connectivity index (χ1v) is 10.6. The number of fused-ring (bicyclic) bond motifs is 1. The third kappa shape index (κ3) is 5.37. The number of hydrogen-bond acceptors (Lipinski definition) is 6. The Bertz CT molecular complexity index is 1240. The maximum atomic E-state index is 13.5. The molecule has 2 aromatic carbocycles. The van der Waals surface area contributed by atoms with E-state index in [9.17, 15) is 23.2 Å². The number of ether oxygens (including phenoxy) is 2. The van der Waals surface area contributed by atoms with E-state index in [-0.39, 0.29) is 23.5 Å². The number of amides is 2. The Morgan fingerprint density at radius 3 is 2.51 bits per heavy atom. The van der Waals surface area contributed by atoms with E-state index in [4.69, 9.17) is 0 Å². The van der Waals surface area contributed by atoms with Crippen molar-refractivity contribution < 1.29 is 32.6 Å². The number of aromatic nitrogens is 1. The van der Waals surface area contributed by atoms with Gasteiger partial charge in [0, 0.05) is 30.9 Å². The third-order valence-corrected chi connectivity index (χ3v) is 5.73. The molecule has 0 fully saturated rings. The Kier molecular flexibility index (Phi) is 7.63. The molecule has 184 valence electrons. The Labute approximate surface area is 201 Å². The van der Waals surface area contributed by atoms with Gasteiger partial charge in [-0.15, -0.1) is 0 Å². The minimum Gasteiger partial charge on any atom is -0.465 e. The van der Waals surface area contributed by atoms with Gasteiger partial charge in [0.25, 0.3) is 5.91 Å². The number of methoxy groups -OCH3 is 1. The molecule has 3 aromatic rings. The number of carbonyl (C=O) groups is 3. The smallest absolute Gasteiger partial charge is 0.387 e. The fourth-order valence-electron chi connectivity index (χ4n) is 3.69. The predicted molar refractivity (Wildman–Crippen MR) is 125 cm³/mol. The van der Waals surface area contributed by atoms with E-state index >= 15 is 0 Å². The topological polar surface area (TPSA) is 89.0 Å². The van der Waals surface area contributed by atoms with Crippen LogP contribution < -0.4 is 9.64 Å². The summed E-state index contributed by atoms with van der Waals surface area (Å²) in [6.07, 6.45) is 2.24. The summed E-state index contributed by atoms with van der Waals surface area (Å²) < 4.78 is 34.5. The average Bonchev–Trinajstić information content (AvgIpc) is 2.85. The van der Waals surface area contributed by atoms with Crippen LogP contribution in [0.1, 0.15) is 29.8 Å². The molecule has 0 aliphatic carbocycles. The maximum absolute atomic E-state index is 13.5. The molecule has 0 aliphatic heterocycles. The van der Waals surface area contributed by atoms with Crippen molar-refractivity contribution in [3.63, 3.8) is 0 Å². The largest absolute Gasteiger partial charge is 0.465 e. The summed E-state index contributed by atoms with van der Waals surface area (Å²) in [6.45, 7) is 0.194. The van der Waals surface area contributed by atoms with Crippen LogP contribution >= 0.6 is 0 Å². The molecule has 0 radical (unpaired) electrons. The number of pyridine rings is 1. The second-order valence-electron chi connectivity index (χ2n) is 8.19. The predicted octanol–water partition coefficient (Wildman–Crippen LogP) is 4.02. The van der Waals surface area contributed by atoms with E-state index in [0.717, 1.165) is 29.6 Å². The van der Waals surface area contributed by atoms with Crippen LogP contribution in [0.3, 0.4) is 0 Å². The van der Waals surface area contributed by atoms with Crippen LogP contribution in [0, 0.1) is 0 Å². The molecule has 35 heavy (non-hydrogen) atoms. The van der Waals surface area contributed by atoms with Crippen molar-refractivity contribution in [2.24, 2.45) is 0 Å². The number of nitrogens with zero attached hydrogens (tertiary/aromatic N) is 3. The minimum absolute atomic E-state index is 0.147. The van der Waals surface area contributed by atoms with Crippen molar-refractivity contribution in [3.05, 3.63) is 65.9 Å². The molecule has 0 spiro atoms. The standard InChI is InChI=1S/C25H25F2N3O5/c1-25(2,30(15-31)14-16-11-12-28-20-8-6-5-7-18(16)20)23(33)29(3)17-9-10-21(35-24(26)27)19(13-17)22(32)34-4/h5-13,15,24H,14H2,1-4H3. The molecule has 0 aliphatic rings. The van der Waals surface area contributed by atoms with Crippen molar-refractivity contribution in [2.45, 2.75) is 32.5 Å². The number of esters is 1. The Balaban J connectivity index is 1.91. The minimum atomic E-state index is -3.15. The summed E-state index contributed by atoms with van der Waals surface area (Å²) in [6, 6.07) is 13.0. The van der Waals surface area contributed by atoms with Crippen molar-refractivity contribution in [3.8, 4) is 5.75 Å². The van der Waals surface area contributed by atoms with E-state index in [1.54, 1.807) is 26.1 Å². The molecular weight excluding hydrogens is 460 g/mol. The van der Waals surface area contributed by atoms with Gasteiger partial charge >= 0.3 is 12.6 Å². The number of alkyl halides is 2. The maximum Gasteiger partial charge on any atom is 0.387 e. The normalized spacial score (nSPS) is 11.3. The molecule has 10 heteroatoms. The molecule has 0 saturated heterocycles. The Hall–Kier alpha value is -4.08. The highest BCUT2D eigenvalue weighted by atomic mass is 19.3. The number of hydrogen-bond donors (Lipinski definition) is 0. The first kappa shape index (κ1) is 25.5. The van der Waals surface area contributed by atoms with Gasteiger partial charge in [-0.05, 0) is 49.7 Å². The first-order valence-electron chi connectivity index (χ1n) is 10.6. The van der Waals surface area contributed by atoms with Gasteiger partial charge in [-0.3, -0.25) is 14.6 Å². The van der Waals surface area contributed by atoms with Crippen LogP contribution in [-0.4, -0.2) is 54.5 Å². The zero-order chi connectivity index (χ0) is 25.8. The van der Waals surface area contributed by atoms with Gasteiger partial charge in [0.2, 0.25) is 6.41 Å². The molecule has 1 heterocycles. The van der Waals surface area contributed by atoms with Gasteiger partial charge < -0.3 is 19.3 Å². The highest BCUT2D eigenvalue weighted by Gasteiger charge is 2.37. The average molecular weight is 485 g/mol. The molecule has 0 atom stereocenters. The van der Waals surface area contributed by atoms with Crippen molar-refractivity contribution in [1.82, 2.24) is 9.88 Å². The zero-order valence-electron chi connectivity index (χ0n) is 19.7.